The molecule has 0 atom stereocenters. The van der Waals surface area contributed by atoms with Gasteiger partial charge in [0.05, 0.1) is 12.3 Å². The molecular weight excluding hydrogens is 344 g/mol. The van der Waals surface area contributed by atoms with E-state index in [1.807, 2.05) is 13.1 Å². The highest BCUT2D eigenvalue weighted by Crippen LogP contribution is 2.16. The fourth-order valence-electron chi connectivity index (χ4n) is 1.41. The molecule has 0 aliphatic carbocycles. The zero-order valence-corrected chi connectivity index (χ0v) is 13.1. The molecule has 9 heteroatoms. The van der Waals surface area contributed by atoms with Gasteiger partial charge in [-0.1, -0.05) is 11.8 Å². The number of amides is 1. The second-order valence-electron chi connectivity index (χ2n) is 3.86. The zero-order valence-electron chi connectivity index (χ0n) is 10.7. The van der Waals surface area contributed by atoms with Crippen LogP contribution in [0.1, 0.15) is 5.82 Å². The minimum Gasteiger partial charge on any atom is -0.324 e. The number of halogens is 1. The van der Waals surface area contributed by atoms with Gasteiger partial charge in [0.2, 0.25) is 5.91 Å². The molecule has 2 rings (SSSR count). The van der Waals surface area contributed by atoms with Crippen molar-refractivity contribution in [2.24, 2.45) is 12.8 Å². The topological polar surface area (TPSA) is 98.7 Å². The van der Waals surface area contributed by atoms with E-state index in [1.54, 1.807) is 16.8 Å². The second kappa shape index (κ2) is 6.82. The molecule has 2 aromatic rings. The number of nitrogens with two attached hydrogens (primary N) is 1. The third-order valence-electron chi connectivity index (χ3n) is 2.43. The predicted octanol–water partition coefficient (Wildman–Crippen LogP) is 1.16. The number of nitrogens with one attached hydrogen (secondary N) is 1. The van der Waals surface area contributed by atoms with Gasteiger partial charge in [0.25, 0.3) is 0 Å². The van der Waals surface area contributed by atoms with Crippen molar-refractivity contribution in [3.8, 4) is 0 Å². The van der Waals surface area contributed by atoms with Crippen LogP contribution in [-0.2, 0) is 18.4 Å². The van der Waals surface area contributed by atoms with Crippen molar-refractivity contribution in [1.82, 2.24) is 19.7 Å². The van der Waals surface area contributed by atoms with Gasteiger partial charge in [0, 0.05) is 17.7 Å². The molecular formula is C11H13BrN6OS. The van der Waals surface area contributed by atoms with Crippen LogP contribution in [0.15, 0.2) is 28.0 Å². The Morgan fingerprint density at radius 3 is 2.90 bits per heavy atom. The van der Waals surface area contributed by atoms with E-state index in [1.165, 1.54) is 11.8 Å². The minimum atomic E-state index is -0.151. The number of pyridine rings is 1. The summed E-state index contributed by atoms with van der Waals surface area (Å²) < 4.78 is 2.63. The molecule has 0 unspecified atom stereocenters. The van der Waals surface area contributed by atoms with Crippen LogP contribution < -0.4 is 11.1 Å². The summed E-state index contributed by atoms with van der Waals surface area (Å²) in [6.45, 7) is 0.319. The molecule has 0 aromatic carbocycles. The highest BCUT2D eigenvalue weighted by molar-refractivity contribution is 9.10. The molecule has 106 valence electrons. The summed E-state index contributed by atoms with van der Waals surface area (Å²) in [6, 6.07) is 3.54. The van der Waals surface area contributed by atoms with E-state index in [2.05, 4.69) is 36.4 Å². The maximum absolute atomic E-state index is 11.8. The molecule has 2 aromatic heterocycles. The summed E-state index contributed by atoms with van der Waals surface area (Å²) in [4.78, 5) is 15.9. The Morgan fingerprint density at radius 2 is 2.30 bits per heavy atom. The highest BCUT2D eigenvalue weighted by Gasteiger charge is 2.10. The SMILES string of the molecule is Cn1c(CN)nnc1SCC(=O)Nc1ccc(Br)cn1. The van der Waals surface area contributed by atoms with Crippen LogP contribution >= 0.6 is 27.7 Å². The molecule has 20 heavy (non-hydrogen) atoms. The Kier molecular flexibility index (Phi) is 5.10. The molecule has 0 bridgehead atoms. The number of hydrogen-bond donors (Lipinski definition) is 2. The first kappa shape index (κ1) is 14.9. The third-order valence-corrected chi connectivity index (χ3v) is 3.92. The summed E-state index contributed by atoms with van der Waals surface area (Å²) in [6.07, 6.45) is 1.62. The summed E-state index contributed by atoms with van der Waals surface area (Å²) in [5.41, 5.74) is 5.51. The zero-order chi connectivity index (χ0) is 14.5. The van der Waals surface area contributed by atoms with Crippen LogP contribution in [0.4, 0.5) is 5.82 Å². The van der Waals surface area contributed by atoms with Crippen LogP contribution in [0.2, 0.25) is 0 Å². The van der Waals surface area contributed by atoms with Crippen molar-refractivity contribution in [3.63, 3.8) is 0 Å². The van der Waals surface area contributed by atoms with E-state index in [-0.39, 0.29) is 11.7 Å². The Morgan fingerprint density at radius 1 is 1.50 bits per heavy atom. The van der Waals surface area contributed by atoms with Gasteiger partial charge >= 0.3 is 0 Å². The lowest BCUT2D eigenvalue weighted by Crippen LogP contribution is -2.15. The number of anilines is 1. The normalized spacial score (nSPS) is 10.6. The molecule has 0 radical (unpaired) electrons. The van der Waals surface area contributed by atoms with Gasteiger partial charge in [0.15, 0.2) is 5.16 Å². The molecule has 0 aliphatic heterocycles. The summed E-state index contributed by atoms with van der Waals surface area (Å²) in [7, 11) is 1.82. The fourth-order valence-corrected chi connectivity index (χ4v) is 2.37. The standard InChI is InChI=1S/C11H13BrN6OS/c1-18-9(4-13)16-17-11(18)20-6-10(19)15-8-3-2-7(12)5-14-8/h2-3,5H,4,6,13H2,1H3,(H,14,15,19). The van der Waals surface area contributed by atoms with E-state index in [0.29, 0.717) is 23.3 Å². The molecule has 7 nitrogen and oxygen atoms in total. The Bertz CT molecular complexity index is 599. The second-order valence-corrected chi connectivity index (χ2v) is 5.72. The van der Waals surface area contributed by atoms with Gasteiger partial charge in [-0.2, -0.15) is 0 Å². The molecule has 0 fully saturated rings. The number of carbonyl (C=O) groups is 1. The Balaban J connectivity index is 1.88. The first-order chi connectivity index (χ1) is 9.60. The predicted molar refractivity (Wildman–Crippen MR) is 80.2 cm³/mol. The molecule has 0 saturated carbocycles. The lowest BCUT2D eigenvalue weighted by molar-refractivity contribution is -0.113. The van der Waals surface area contributed by atoms with Gasteiger partial charge in [-0.25, -0.2) is 4.98 Å². The van der Waals surface area contributed by atoms with E-state index >= 15 is 0 Å². The number of thioether (sulfide) groups is 1. The number of hydrogen-bond acceptors (Lipinski definition) is 6. The summed E-state index contributed by atoms with van der Waals surface area (Å²) in [5, 5.41) is 11.3. The van der Waals surface area contributed by atoms with Crippen LogP contribution in [0.3, 0.4) is 0 Å². The van der Waals surface area contributed by atoms with Gasteiger partial charge < -0.3 is 15.6 Å². The van der Waals surface area contributed by atoms with Crippen molar-refractivity contribution in [1.29, 1.82) is 0 Å². The average Bonchev–Trinajstić information content (AvgIpc) is 2.79. The van der Waals surface area contributed by atoms with Crippen molar-refractivity contribution in [2.45, 2.75) is 11.7 Å². The molecule has 0 saturated heterocycles. The average molecular weight is 357 g/mol. The maximum Gasteiger partial charge on any atom is 0.236 e. The molecule has 1 amide bonds. The Labute approximate surface area is 128 Å². The number of rotatable bonds is 5. The monoisotopic (exact) mass is 356 g/mol. The molecule has 3 N–H and O–H groups in total. The number of carbonyl (C=O) groups excluding carboxylic acids is 1. The minimum absolute atomic E-state index is 0.151. The summed E-state index contributed by atoms with van der Waals surface area (Å²) in [5.74, 6) is 1.28. The lowest BCUT2D eigenvalue weighted by Gasteiger charge is -2.04. The lowest BCUT2D eigenvalue weighted by atomic mass is 10.4. The van der Waals surface area contributed by atoms with E-state index in [9.17, 15) is 4.79 Å². The largest absolute Gasteiger partial charge is 0.324 e. The van der Waals surface area contributed by atoms with Crippen LogP contribution in [0, 0.1) is 0 Å². The van der Waals surface area contributed by atoms with Gasteiger partial charge in [-0.05, 0) is 28.1 Å². The molecule has 0 spiro atoms. The van der Waals surface area contributed by atoms with Crippen molar-refractivity contribution in [2.75, 3.05) is 11.1 Å². The van der Waals surface area contributed by atoms with E-state index < -0.39 is 0 Å². The molecule has 2 heterocycles. The Hall–Kier alpha value is -1.45. The van der Waals surface area contributed by atoms with Crippen molar-refractivity contribution >= 4 is 39.4 Å². The van der Waals surface area contributed by atoms with E-state index in [0.717, 1.165) is 4.47 Å². The van der Waals surface area contributed by atoms with Gasteiger partial charge in [-0.3, -0.25) is 4.79 Å². The smallest absolute Gasteiger partial charge is 0.236 e. The van der Waals surface area contributed by atoms with Crippen molar-refractivity contribution < 1.29 is 4.79 Å². The van der Waals surface area contributed by atoms with E-state index in [4.69, 9.17) is 5.73 Å². The summed E-state index contributed by atoms with van der Waals surface area (Å²) >= 11 is 4.58. The quantitative estimate of drug-likeness (QED) is 0.780. The van der Waals surface area contributed by atoms with Gasteiger partial charge in [0.1, 0.15) is 11.6 Å². The van der Waals surface area contributed by atoms with Crippen molar-refractivity contribution in [3.05, 3.63) is 28.6 Å². The number of nitrogens with zero attached hydrogens (tertiary/aromatic N) is 4. The fraction of sp³-hybridized carbons (Fsp3) is 0.273. The first-order valence-electron chi connectivity index (χ1n) is 5.72. The maximum atomic E-state index is 11.8. The number of aromatic nitrogens is 4. The van der Waals surface area contributed by atoms with Gasteiger partial charge in [-0.15, -0.1) is 10.2 Å². The van der Waals surface area contributed by atoms with Crippen LogP contribution in [-0.4, -0.2) is 31.4 Å². The van der Waals surface area contributed by atoms with Crippen LogP contribution in [0.25, 0.3) is 0 Å². The third kappa shape index (κ3) is 3.78. The molecule has 0 aliphatic rings. The van der Waals surface area contributed by atoms with Crippen LogP contribution in [0.5, 0.6) is 0 Å². The first-order valence-corrected chi connectivity index (χ1v) is 7.50. The highest BCUT2D eigenvalue weighted by atomic mass is 79.9.